The van der Waals surface area contributed by atoms with Crippen molar-refractivity contribution in [3.63, 3.8) is 0 Å². The van der Waals surface area contributed by atoms with E-state index >= 15 is 0 Å². The van der Waals surface area contributed by atoms with E-state index in [4.69, 9.17) is 11.6 Å². The van der Waals surface area contributed by atoms with Gasteiger partial charge in [0.15, 0.2) is 0 Å². The lowest BCUT2D eigenvalue weighted by atomic mass is 10.0. The molecule has 14 heavy (non-hydrogen) atoms. The maximum Gasteiger partial charge on any atom is 0.128 e. The van der Waals surface area contributed by atoms with Gasteiger partial charge < -0.3 is 0 Å². The molecule has 0 bridgehead atoms. The lowest BCUT2D eigenvalue weighted by Gasteiger charge is -2.02. The van der Waals surface area contributed by atoms with E-state index in [9.17, 15) is 4.79 Å². The van der Waals surface area contributed by atoms with Gasteiger partial charge in [0.05, 0.1) is 0 Å². The molecule has 1 aromatic carbocycles. The number of allylic oxidation sites excluding steroid dienone is 1. The molecule has 0 unspecified atom stereocenters. The van der Waals surface area contributed by atoms with Crippen molar-refractivity contribution in [2.45, 2.75) is 26.2 Å². The van der Waals surface area contributed by atoms with Crippen LogP contribution in [0.15, 0.2) is 24.3 Å². The third-order valence-corrected chi connectivity index (χ3v) is 2.35. The van der Waals surface area contributed by atoms with E-state index in [2.05, 4.69) is 6.92 Å². The molecule has 1 rings (SSSR count). The average molecular weight is 209 g/mol. The highest BCUT2D eigenvalue weighted by atomic mass is 35.5. The first kappa shape index (κ1) is 11.0. The molecule has 0 aliphatic carbocycles. The van der Waals surface area contributed by atoms with Crippen molar-refractivity contribution in [3.05, 3.63) is 34.9 Å². The van der Waals surface area contributed by atoms with E-state index in [0.717, 1.165) is 30.4 Å². The summed E-state index contributed by atoms with van der Waals surface area (Å²) in [6, 6.07) is 7.30. The number of hydrogen-bond donors (Lipinski definition) is 0. The van der Waals surface area contributed by atoms with E-state index < -0.39 is 0 Å². The maximum atomic E-state index is 10.7. The molecule has 1 aromatic rings. The Morgan fingerprint density at radius 3 is 2.50 bits per heavy atom. The van der Waals surface area contributed by atoms with Crippen LogP contribution in [-0.4, -0.2) is 5.94 Å². The van der Waals surface area contributed by atoms with Gasteiger partial charge >= 0.3 is 0 Å². The standard InChI is InChI=1S/C12H13ClO/c1-2-3-4-11(9-14)10-5-7-12(13)8-6-10/h5-8H,2-4H2,1H3. The van der Waals surface area contributed by atoms with E-state index in [1.165, 1.54) is 0 Å². The molecule has 0 spiro atoms. The SMILES string of the molecule is CCCCC(=C=O)c1ccc(Cl)cc1. The van der Waals surface area contributed by atoms with Gasteiger partial charge in [0.1, 0.15) is 5.94 Å². The first-order valence-electron chi connectivity index (χ1n) is 4.78. The molecule has 0 aromatic heterocycles. The van der Waals surface area contributed by atoms with Gasteiger partial charge in [-0.2, -0.15) is 0 Å². The Hall–Kier alpha value is -1.04. The Bertz CT molecular complexity index is 334. The number of benzene rings is 1. The molecule has 0 radical (unpaired) electrons. The van der Waals surface area contributed by atoms with Crippen molar-refractivity contribution >= 4 is 23.1 Å². The molecule has 1 nitrogen and oxygen atoms in total. The molecule has 0 amide bonds. The van der Waals surface area contributed by atoms with Crippen LogP contribution in [0.4, 0.5) is 0 Å². The average Bonchev–Trinajstić information content (AvgIpc) is 2.21. The fraction of sp³-hybridized carbons (Fsp3) is 0.333. The van der Waals surface area contributed by atoms with Crippen molar-refractivity contribution < 1.29 is 4.79 Å². The molecular formula is C12H13ClO. The molecule has 0 fully saturated rings. The second-order valence-corrected chi connectivity index (χ2v) is 3.63. The first-order valence-corrected chi connectivity index (χ1v) is 5.15. The number of rotatable bonds is 4. The molecule has 2 heteroatoms. The van der Waals surface area contributed by atoms with Crippen molar-refractivity contribution in [3.8, 4) is 0 Å². The zero-order chi connectivity index (χ0) is 10.4. The van der Waals surface area contributed by atoms with Crippen molar-refractivity contribution in [2.75, 3.05) is 0 Å². The Kier molecular flexibility index (Phi) is 4.45. The summed E-state index contributed by atoms with van der Waals surface area (Å²) < 4.78 is 0. The molecule has 74 valence electrons. The summed E-state index contributed by atoms with van der Waals surface area (Å²) in [4.78, 5) is 10.7. The monoisotopic (exact) mass is 208 g/mol. The van der Waals surface area contributed by atoms with E-state index in [0.29, 0.717) is 5.02 Å². The van der Waals surface area contributed by atoms with Gasteiger partial charge in [-0.15, -0.1) is 0 Å². The molecule has 0 atom stereocenters. The predicted octanol–water partition coefficient (Wildman–Crippen LogP) is 3.75. The second-order valence-electron chi connectivity index (χ2n) is 3.19. The maximum absolute atomic E-state index is 10.7. The third-order valence-electron chi connectivity index (χ3n) is 2.10. The number of carbonyl (C=O) groups excluding carboxylic acids is 1. The van der Waals surface area contributed by atoms with E-state index in [1.807, 2.05) is 18.1 Å². The molecule has 0 saturated heterocycles. The summed E-state index contributed by atoms with van der Waals surface area (Å²) in [6.07, 6.45) is 2.90. The highest BCUT2D eigenvalue weighted by molar-refractivity contribution is 6.30. The van der Waals surface area contributed by atoms with Gasteiger partial charge in [0.25, 0.3) is 0 Å². The number of halogens is 1. The Morgan fingerprint density at radius 2 is 2.00 bits per heavy atom. The lowest BCUT2D eigenvalue weighted by Crippen LogP contribution is -1.85. The largest absolute Gasteiger partial charge is 0.233 e. The number of unbranched alkanes of at least 4 members (excludes halogenated alkanes) is 1. The second kappa shape index (κ2) is 5.64. The van der Waals surface area contributed by atoms with Gasteiger partial charge in [-0.05, 0) is 30.5 Å². The summed E-state index contributed by atoms with van der Waals surface area (Å²) in [7, 11) is 0. The summed E-state index contributed by atoms with van der Waals surface area (Å²) in [5.41, 5.74) is 1.67. The van der Waals surface area contributed by atoms with Gasteiger partial charge in [0.2, 0.25) is 0 Å². The van der Waals surface area contributed by atoms with Crippen LogP contribution in [0.1, 0.15) is 31.7 Å². The molecule has 0 saturated carbocycles. The Labute approximate surface area is 89.4 Å². The zero-order valence-corrected chi connectivity index (χ0v) is 8.97. The summed E-state index contributed by atoms with van der Waals surface area (Å²) in [5, 5.41) is 0.689. The van der Waals surface area contributed by atoms with E-state index in [-0.39, 0.29) is 0 Å². The molecule has 0 aliphatic rings. The first-order chi connectivity index (χ1) is 6.77. The third kappa shape index (κ3) is 3.02. The van der Waals surface area contributed by atoms with Crippen LogP contribution in [0.3, 0.4) is 0 Å². The van der Waals surface area contributed by atoms with Crippen molar-refractivity contribution in [2.24, 2.45) is 0 Å². The van der Waals surface area contributed by atoms with Gasteiger partial charge in [-0.25, -0.2) is 4.79 Å². The predicted molar refractivity (Wildman–Crippen MR) is 60.1 cm³/mol. The Balaban J connectivity index is 2.80. The lowest BCUT2D eigenvalue weighted by molar-refractivity contribution is 0.568. The van der Waals surface area contributed by atoms with Gasteiger partial charge in [0, 0.05) is 10.6 Å². The number of hydrogen-bond acceptors (Lipinski definition) is 1. The molecular weight excluding hydrogens is 196 g/mol. The smallest absolute Gasteiger partial charge is 0.128 e. The molecule has 0 N–H and O–H groups in total. The fourth-order valence-corrected chi connectivity index (χ4v) is 1.38. The minimum atomic E-state index is 0.689. The molecule has 0 aliphatic heterocycles. The quantitative estimate of drug-likeness (QED) is 0.689. The van der Waals surface area contributed by atoms with E-state index in [1.54, 1.807) is 12.1 Å². The highest BCUT2D eigenvalue weighted by Gasteiger charge is 2.01. The minimum absolute atomic E-state index is 0.689. The summed E-state index contributed by atoms with van der Waals surface area (Å²) in [5.74, 6) is 2.00. The van der Waals surface area contributed by atoms with Crippen LogP contribution in [0.2, 0.25) is 5.02 Å². The van der Waals surface area contributed by atoms with Crippen LogP contribution in [0.5, 0.6) is 0 Å². The van der Waals surface area contributed by atoms with Crippen LogP contribution in [0.25, 0.3) is 5.57 Å². The molecule has 0 heterocycles. The van der Waals surface area contributed by atoms with Gasteiger partial charge in [-0.1, -0.05) is 37.1 Å². The van der Waals surface area contributed by atoms with Crippen molar-refractivity contribution in [1.82, 2.24) is 0 Å². The zero-order valence-electron chi connectivity index (χ0n) is 8.22. The van der Waals surface area contributed by atoms with Crippen LogP contribution >= 0.6 is 11.6 Å². The van der Waals surface area contributed by atoms with Crippen molar-refractivity contribution in [1.29, 1.82) is 0 Å². The topological polar surface area (TPSA) is 17.1 Å². The van der Waals surface area contributed by atoms with Crippen LogP contribution < -0.4 is 0 Å². The van der Waals surface area contributed by atoms with Crippen LogP contribution in [-0.2, 0) is 4.79 Å². The van der Waals surface area contributed by atoms with Gasteiger partial charge in [-0.3, -0.25) is 0 Å². The minimum Gasteiger partial charge on any atom is -0.233 e. The summed E-state index contributed by atoms with van der Waals surface area (Å²) >= 11 is 5.76. The normalized spacial score (nSPS) is 9.57. The van der Waals surface area contributed by atoms with Crippen LogP contribution in [0, 0.1) is 0 Å². The fourth-order valence-electron chi connectivity index (χ4n) is 1.26. The highest BCUT2D eigenvalue weighted by Crippen LogP contribution is 2.19. The summed E-state index contributed by atoms with van der Waals surface area (Å²) in [6.45, 7) is 2.10. The Morgan fingerprint density at radius 1 is 1.36 bits per heavy atom.